The number of ketones is 1. The van der Waals surface area contributed by atoms with Crippen molar-refractivity contribution in [3.8, 4) is 0 Å². The third-order valence-electron chi connectivity index (χ3n) is 4.64. The lowest BCUT2D eigenvalue weighted by Crippen LogP contribution is -2.45. The molecule has 0 atom stereocenters. The van der Waals surface area contributed by atoms with Gasteiger partial charge in [0.2, 0.25) is 0 Å². The van der Waals surface area contributed by atoms with Crippen LogP contribution in [0.4, 0.5) is 0 Å². The Labute approximate surface area is 150 Å². The van der Waals surface area contributed by atoms with Crippen molar-refractivity contribution in [3.05, 3.63) is 108 Å². The minimum Gasteiger partial charge on any atom is -0.297 e. The van der Waals surface area contributed by atoms with Crippen molar-refractivity contribution in [3.63, 3.8) is 0 Å². The molecule has 0 unspecified atom stereocenters. The third-order valence-corrected chi connectivity index (χ3v) is 4.64. The van der Waals surface area contributed by atoms with E-state index in [2.05, 4.69) is 36.4 Å². The summed E-state index contributed by atoms with van der Waals surface area (Å²) in [6, 6.07) is 30.4. The van der Waals surface area contributed by atoms with Gasteiger partial charge in [-0.1, -0.05) is 112 Å². The lowest BCUT2D eigenvalue weighted by atomic mass is 9.61. The number of benzene rings is 3. The van der Waals surface area contributed by atoms with E-state index in [0.717, 1.165) is 16.7 Å². The molecule has 0 spiro atoms. The second-order valence-corrected chi connectivity index (χ2v) is 7.43. The molecule has 3 aromatic carbocycles. The number of Topliss-reactive ketones (excluding diaryl/α,β-unsaturated/α-hetero) is 1. The topological polar surface area (TPSA) is 17.1 Å². The van der Waals surface area contributed by atoms with E-state index in [0.29, 0.717) is 0 Å². The Hall–Kier alpha value is -2.67. The van der Waals surface area contributed by atoms with Crippen molar-refractivity contribution >= 4 is 5.78 Å². The fourth-order valence-electron chi connectivity index (χ4n) is 3.52. The molecule has 0 fully saturated rings. The fourth-order valence-corrected chi connectivity index (χ4v) is 3.52. The van der Waals surface area contributed by atoms with E-state index in [9.17, 15) is 4.79 Å². The second kappa shape index (κ2) is 6.68. The molecule has 0 heterocycles. The van der Waals surface area contributed by atoms with Crippen molar-refractivity contribution in [2.75, 3.05) is 0 Å². The van der Waals surface area contributed by atoms with Gasteiger partial charge in [0.1, 0.15) is 5.41 Å². The van der Waals surface area contributed by atoms with Crippen LogP contribution in [0.2, 0.25) is 0 Å². The summed E-state index contributed by atoms with van der Waals surface area (Å²) >= 11 is 0. The molecule has 0 aliphatic heterocycles. The Kier molecular flexibility index (Phi) is 4.59. The van der Waals surface area contributed by atoms with Crippen LogP contribution in [-0.4, -0.2) is 5.78 Å². The van der Waals surface area contributed by atoms with Gasteiger partial charge in [0.05, 0.1) is 0 Å². The van der Waals surface area contributed by atoms with Crippen LogP contribution in [0.15, 0.2) is 91.0 Å². The maximum absolute atomic E-state index is 13.9. The molecule has 0 aliphatic rings. The van der Waals surface area contributed by atoms with E-state index < -0.39 is 10.8 Å². The van der Waals surface area contributed by atoms with Gasteiger partial charge in [-0.2, -0.15) is 0 Å². The standard InChI is InChI=1S/C24H24O/c1-23(2,3)22(25)24(19-13-7-4-8-14-19,20-15-9-5-10-16-20)21-17-11-6-12-18-21/h4-18H,1-3H3. The lowest BCUT2D eigenvalue weighted by molar-refractivity contribution is -0.129. The molecule has 0 amide bonds. The zero-order chi connectivity index (χ0) is 17.9. The number of hydrogen-bond donors (Lipinski definition) is 0. The summed E-state index contributed by atoms with van der Waals surface area (Å²) in [5.41, 5.74) is 1.72. The first-order chi connectivity index (χ1) is 12.0. The second-order valence-electron chi connectivity index (χ2n) is 7.43. The molecule has 1 nitrogen and oxygen atoms in total. The average molecular weight is 328 g/mol. The lowest BCUT2D eigenvalue weighted by Gasteiger charge is -2.39. The van der Waals surface area contributed by atoms with Gasteiger partial charge in [0.15, 0.2) is 5.78 Å². The van der Waals surface area contributed by atoms with Gasteiger partial charge >= 0.3 is 0 Å². The van der Waals surface area contributed by atoms with Gasteiger partial charge in [-0.25, -0.2) is 0 Å². The van der Waals surface area contributed by atoms with Crippen molar-refractivity contribution in [1.82, 2.24) is 0 Å². The Bertz CT molecular complexity index is 731. The van der Waals surface area contributed by atoms with E-state index in [4.69, 9.17) is 0 Å². The minimum absolute atomic E-state index is 0.198. The molecule has 3 aromatic rings. The van der Waals surface area contributed by atoms with Crippen LogP contribution in [0.25, 0.3) is 0 Å². The molecule has 0 N–H and O–H groups in total. The monoisotopic (exact) mass is 328 g/mol. The highest BCUT2D eigenvalue weighted by atomic mass is 16.1. The number of rotatable bonds is 4. The largest absolute Gasteiger partial charge is 0.297 e. The maximum atomic E-state index is 13.9. The summed E-state index contributed by atoms with van der Waals surface area (Å²) in [7, 11) is 0. The summed E-state index contributed by atoms with van der Waals surface area (Å²) in [6.07, 6.45) is 0. The molecule has 3 rings (SSSR count). The van der Waals surface area contributed by atoms with Crippen molar-refractivity contribution in [2.24, 2.45) is 5.41 Å². The zero-order valence-electron chi connectivity index (χ0n) is 15.1. The first kappa shape index (κ1) is 17.2. The van der Waals surface area contributed by atoms with Gasteiger partial charge in [-0.3, -0.25) is 4.79 Å². The number of hydrogen-bond acceptors (Lipinski definition) is 1. The SMILES string of the molecule is CC(C)(C)C(=O)C(c1ccccc1)(c1ccccc1)c1ccccc1. The maximum Gasteiger partial charge on any atom is 0.157 e. The molecule has 0 saturated heterocycles. The van der Waals surface area contributed by atoms with E-state index in [-0.39, 0.29) is 5.78 Å². The van der Waals surface area contributed by atoms with Crippen LogP contribution in [-0.2, 0) is 10.2 Å². The average Bonchev–Trinajstić information content (AvgIpc) is 2.64. The quantitative estimate of drug-likeness (QED) is 0.567. The van der Waals surface area contributed by atoms with Crippen molar-refractivity contribution in [1.29, 1.82) is 0 Å². The van der Waals surface area contributed by atoms with Gasteiger partial charge < -0.3 is 0 Å². The predicted octanol–water partition coefficient (Wildman–Crippen LogP) is 5.64. The first-order valence-corrected chi connectivity index (χ1v) is 8.69. The highest BCUT2D eigenvalue weighted by molar-refractivity contribution is 6.00. The van der Waals surface area contributed by atoms with E-state index in [1.54, 1.807) is 0 Å². The highest BCUT2D eigenvalue weighted by Gasteiger charge is 2.47. The molecule has 25 heavy (non-hydrogen) atoms. The van der Waals surface area contributed by atoms with Crippen LogP contribution in [0.3, 0.4) is 0 Å². The Morgan fingerprint density at radius 3 is 1.08 bits per heavy atom. The molecule has 0 saturated carbocycles. The summed E-state index contributed by atoms with van der Waals surface area (Å²) in [5.74, 6) is 0.198. The molecular weight excluding hydrogens is 304 g/mol. The Balaban J connectivity index is 2.43. The van der Waals surface area contributed by atoms with Crippen LogP contribution >= 0.6 is 0 Å². The van der Waals surface area contributed by atoms with Gasteiger partial charge in [0.25, 0.3) is 0 Å². The Morgan fingerprint density at radius 1 is 0.560 bits per heavy atom. The smallest absolute Gasteiger partial charge is 0.157 e. The van der Waals surface area contributed by atoms with Gasteiger partial charge in [-0.15, -0.1) is 0 Å². The van der Waals surface area contributed by atoms with E-state index >= 15 is 0 Å². The highest BCUT2D eigenvalue weighted by Crippen LogP contribution is 2.44. The van der Waals surface area contributed by atoms with E-state index in [1.807, 2.05) is 75.4 Å². The van der Waals surface area contributed by atoms with Crippen molar-refractivity contribution in [2.45, 2.75) is 26.2 Å². The fraction of sp³-hybridized carbons (Fsp3) is 0.208. The summed E-state index contributed by atoms with van der Waals surface area (Å²) < 4.78 is 0. The molecule has 1 heteroatoms. The first-order valence-electron chi connectivity index (χ1n) is 8.69. The molecule has 0 bridgehead atoms. The predicted molar refractivity (Wildman–Crippen MR) is 104 cm³/mol. The third kappa shape index (κ3) is 3.02. The Morgan fingerprint density at radius 2 is 0.840 bits per heavy atom. The molecule has 0 aromatic heterocycles. The van der Waals surface area contributed by atoms with Crippen LogP contribution in [0, 0.1) is 5.41 Å². The molecule has 0 aliphatic carbocycles. The van der Waals surface area contributed by atoms with Crippen molar-refractivity contribution < 1.29 is 4.79 Å². The van der Waals surface area contributed by atoms with Gasteiger partial charge in [0, 0.05) is 5.41 Å². The van der Waals surface area contributed by atoms with Crippen LogP contribution in [0.1, 0.15) is 37.5 Å². The van der Waals surface area contributed by atoms with E-state index in [1.165, 1.54) is 0 Å². The molecular formula is C24H24O. The van der Waals surface area contributed by atoms with Crippen LogP contribution in [0.5, 0.6) is 0 Å². The summed E-state index contributed by atoms with van der Waals surface area (Å²) in [4.78, 5) is 13.9. The zero-order valence-corrected chi connectivity index (χ0v) is 15.1. The minimum atomic E-state index is -0.817. The van der Waals surface area contributed by atoms with Crippen LogP contribution < -0.4 is 0 Å². The summed E-state index contributed by atoms with van der Waals surface area (Å²) in [5, 5.41) is 0. The summed E-state index contributed by atoms with van der Waals surface area (Å²) in [6.45, 7) is 6.00. The normalized spacial score (nSPS) is 12.0. The molecule has 126 valence electrons. The molecule has 0 radical (unpaired) electrons. The van der Waals surface area contributed by atoms with Gasteiger partial charge in [-0.05, 0) is 16.7 Å². The number of carbonyl (C=O) groups is 1. The number of carbonyl (C=O) groups excluding carboxylic acids is 1.